The summed E-state index contributed by atoms with van der Waals surface area (Å²) < 4.78 is 4.65. The van der Waals surface area contributed by atoms with Crippen molar-refractivity contribution in [2.24, 2.45) is 5.92 Å². The number of nitrogens with one attached hydrogen (secondary N) is 3. The third-order valence-corrected chi connectivity index (χ3v) is 5.91. The molecule has 1 amide bonds. The minimum absolute atomic E-state index is 0.213. The molecule has 1 aliphatic heterocycles. The number of nitrogens with zero attached hydrogens (tertiary/aromatic N) is 3. The van der Waals surface area contributed by atoms with E-state index in [9.17, 15) is 14.7 Å². The Hall–Kier alpha value is -3.12. The number of esters is 1. The van der Waals surface area contributed by atoms with Crippen molar-refractivity contribution in [3.05, 3.63) is 53.3 Å². The molecule has 34 heavy (non-hydrogen) atoms. The van der Waals surface area contributed by atoms with Crippen LogP contribution in [0.4, 0.5) is 5.95 Å². The molecule has 3 rings (SSSR count). The summed E-state index contributed by atoms with van der Waals surface area (Å²) in [4.78, 5) is 33.5. The van der Waals surface area contributed by atoms with Crippen molar-refractivity contribution in [3.8, 4) is 0 Å². The number of hydrogen-bond donors (Lipinski definition) is 5. The number of hydroxylamine groups is 1. The maximum Gasteiger partial charge on any atom is 0.325 e. The first-order chi connectivity index (χ1) is 16.5. The molecule has 5 N–H and O–H groups in total. The maximum atomic E-state index is 11.5. The van der Waals surface area contributed by atoms with Crippen LogP contribution in [0, 0.1) is 5.92 Å². The topological polar surface area (TPSA) is 149 Å². The maximum absolute atomic E-state index is 11.5. The Morgan fingerprint density at radius 2 is 1.74 bits per heavy atom. The zero-order valence-electron chi connectivity index (χ0n) is 19.2. The van der Waals surface area contributed by atoms with Crippen molar-refractivity contribution in [2.45, 2.75) is 32.0 Å². The molecule has 1 aromatic carbocycles. The van der Waals surface area contributed by atoms with Gasteiger partial charge in [-0.2, -0.15) is 0 Å². The van der Waals surface area contributed by atoms with E-state index in [1.54, 1.807) is 5.48 Å². The molecule has 1 saturated heterocycles. The molecule has 1 fully saturated rings. The number of aliphatic hydroxyl groups excluding tert-OH is 1. The van der Waals surface area contributed by atoms with Crippen LogP contribution in [-0.2, 0) is 22.6 Å². The van der Waals surface area contributed by atoms with Crippen LogP contribution >= 0.6 is 0 Å². The Labute approximate surface area is 198 Å². The number of anilines is 1. The Kier molecular flexibility index (Phi) is 9.71. The van der Waals surface area contributed by atoms with Gasteiger partial charge in [-0.25, -0.2) is 15.4 Å². The SMILES string of the molecule is COC(=O)[C@H](CO)NCc1ccc(CNCC2CCN(c3ncc(C(=O)NO)cn3)CC2)cc1. The summed E-state index contributed by atoms with van der Waals surface area (Å²) in [6, 6.07) is 7.39. The van der Waals surface area contributed by atoms with Gasteiger partial charge in [0.25, 0.3) is 5.91 Å². The molecule has 1 aliphatic rings. The Morgan fingerprint density at radius 1 is 1.12 bits per heavy atom. The fraction of sp³-hybridized carbons (Fsp3) is 0.478. The van der Waals surface area contributed by atoms with Crippen molar-refractivity contribution >= 4 is 17.8 Å². The van der Waals surface area contributed by atoms with Crippen molar-refractivity contribution in [3.63, 3.8) is 0 Å². The normalized spacial score (nSPS) is 15.1. The highest BCUT2D eigenvalue weighted by atomic mass is 16.5. The number of methoxy groups -OCH3 is 1. The Balaban J connectivity index is 1.36. The van der Waals surface area contributed by atoms with Crippen molar-refractivity contribution in [2.75, 3.05) is 38.3 Å². The van der Waals surface area contributed by atoms with Crippen LogP contribution in [0.15, 0.2) is 36.7 Å². The predicted octanol–water partition coefficient (Wildman–Crippen LogP) is 0.225. The minimum atomic E-state index is -0.726. The van der Waals surface area contributed by atoms with Crippen molar-refractivity contribution < 1.29 is 24.6 Å². The molecule has 0 spiro atoms. The molecule has 0 saturated carbocycles. The lowest BCUT2D eigenvalue weighted by Crippen LogP contribution is -2.40. The monoisotopic (exact) mass is 472 g/mol. The number of aromatic nitrogens is 2. The molecule has 0 aliphatic carbocycles. The average Bonchev–Trinajstić information content (AvgIpc) is 2.89. The zero-order valence-corrected chi connectivity index (χ0v) is 19.2. The van der Waals surface area contributed by atoms with Crippen molar-refractivity contribution in [1.82, 2.24) is 26.1 Å². The smallest absolute Gasteiger partial charge is 0.325 e. The van der Waals surface area contributed by atoms with E-state index >= 15 is 0 Å². The molecule has 1 atom stereocenters. The third kappa shape index (κ3) is 7.19. The minimum Gasteiger partial charge on any atom is -0.468 e. The van der Waals surface area contributed by atoms with Gasteiger partial charge in [0.2, 0.25) is 5.95 Å². The second-order valence-corrected chi connectivity index (χ2v) is 8.23. The van der Waals surface area contributed by atoms with E-state index in [-0.39, 0.29) is 12.2 Å². The summed E-state index contributed by atoms with van der Waals surface area (Å²) in [7, 11) is 1.30. The third-order valence-electron chi connectivity index (χ3n) is 5.91. The molecule has 184 valence electrons. The highest BCUT2D eigenvalue weighted by Crippen LogP contribution is 2.20. The summed E-state index contributed by atoms with van der Waals surface area (Å²) in [6.45, 7) is 3.54. The lowest BCUT2D eigenvalue weighted by atomic mass is 9.97. The van der Waals surface area contributed by atoms with Crippen LogP contribution in [0.25, 0.3) is 0 Å². The Bertz CT molecular complexity index is 916. The molecule has 2 aromatic rings. The molecular formula is C23H32N6O5. The highest BCUT2D eigenvalue weighted by Gasteiger charge is 2.21. The fourth-order valence-electron chi connectivity index (χ4n) is 3.80. The van der Waals surface area contributed by atoms with Crippen LogP contribution in [0.5, 0.6) is 0 Å². The molecule has 1 aromatic heterocycles. The second kappa shape index (κ2) is 12.9. The largest absolute Gasteiger partial charge is 0.468 e. The number of carbonyl (C=O) groups excluding carboxylic acids is 2. The van der Waals surface area contributed by atoms with Gasteiger partial charge in [-0.3, -0.25) is 20.1 Å². The first kappa shape index (κ1) is 25.5. The van der Waals surface area contributed by atoms with Crippen LogP contribution in [0.2, 0.25) is 0 Å². The molecule has 0 unspecified atom stereocenters. The summed E-state index contributed by atoms with van der Waals surface area (Å²) in [5.41, 5.74) is 3.98. The van der Waals surface area contributed by atoms with Gasteiger partial charge in [-0.15, -0.1) is 0 Å². The number of amides is 1. The van der Waals surface area contributed by atoms with Gasteiger partial charge in [0, 0.05) is 38.6 Å². The molecular weight excluding hydrogens is 440 g/mol. The van der Waals surface area contributed by atoms with Gasteiger partial charge in [0.05, 0.1) is 19.3 Å². The van der Waals surface area contributed by atoms with E-state index in [0.717, 1.165) is 44.6 Å². The van der Waals surface area contributed by atoms with Gasteiger partial charge >= 0.3 is 5.97 Å². The molecule has 11 heteroatoms. The standard InChI is InChI=1S/C23H32N6O5/c1-34-22(32)20(15-30)25-12-17-4-2-16(3-5-17)10-24-11-18-6-8-29(9-7-18)23-26-13-19(14-27-23)21(31)28-33/h2-5,13-14,18,20,24-25,30,33H,6-12,15H2,1H3,(H,28,31)/t20-/m0/s1. The number of benzene rings is 1. The first-order valence-corrected chi connectivity index (χ1v) is 11.3. The molecule has 11 nitrogen and oxygen atoms in total. The summed E-state index contributed by atoms with van der Waals surface area (Å²) in [5.74, 6) is 0.0449. The van der Waals surface area contributed by atoms with Gasteiger partial charge in [-0.1, -0.05) is 24.3 Å². The summed E-state index contributed by atoms with van der Waals surface area (Å²) in [5, 5.41) is 24.4. The quantitative estimate of drug-likeness (QED) is 0.175. The lowest BCUT2D eigenvalue weighted by molar-refractivity contribution is -0.144. The van der Waals surface area contributed by atoms with E-state index in [1.165, 1.54) is 25.1 Å². The fourth-order valence-corrected chi connectivity index (χ4v) is 3.80. The molecule has 2 heterocycles. The van der Waals surface area contributed by atoms with Crippen LogP contribution in [0.1, 0.15) is 34.3 Å². The number of rotatable bonds is 11. The Morgan fingerprint density at radius 3 is 2.29 bits per heavy atom. The first-order valence-electron chi connectivity index (χ1n) is 11.3. The second-order valence-electron chi connectivity index (χ2n) is 8.23. The predicted molar refractivity (Wildman–Crippen MR) is 124 cm³/mol. The summed E-state index contributed by atoms with van der Waals surface area (Å²) in [6.07, 6.45) is 4.86. The number of aliphatic hydroxyl groups is 1. The lowest BCUT2D eigenvalue weighted by Gasteiger charge is -2.32. The van der Waals surface area contributed by atoms with Gasteiger partial charge < -0.3 is 20.1 Å². The van der Waals surface area contributed by atoms with E-state index in [4.69, 9.17) is 5.21 Å². The van der Waals surface area contributed by atoms with Crippen LogP contribution in [-0.4, -0.2) is 71.6 Å². The summed E-state index contributed by atoms with van der Waals surface area (Å²) >= 11 is 0. The van der Waals surface area contributed by atoms with E-state index in [1.807, 2.05) is 12.1 Å². The molecule has 0 bridgehead atoms. The van der Waals surface area contributed by atoms with Crippen molar-refractivity contribution in [1.29, 1.82) is 0 Å². The van der Waals surface area contributed by atoms with Crippen LogP contribution < -0.4 is 21.0 Å². The number of carbonyl (C=O) groups is 2. The number of hydrogen-bond acceptors (Lipinski definition) is 10. The van der Waals surface area contributed by atoms with Crippen LogP contribution in [0.3, 0.4) is 0 Å². The molecule has 0 radical (unpaired) electrons. The number of piperidine rings is 1. The van der Waals surface area contributed by atoms with Gasteiger partial charge in [-0.05, 0) is 36.4 Å². The van der Waals surface area contributed by atoms with Gasteiger partial charge in [0.15, 0.2) is 0 Å². The number of ether oxygens (including phenoxy) is 1. The van der Waals surface area contributed by atoms with E-state index < -0.39 is 17.9 Å². The average molecular weight is 473 g/mol. The zero-order chi connectivity index (χ0) is 24.3. The van der Waals surface area contributed by atoms with Gasteiger partial charge in [0.1, 0.15) is 6.04 Å². The highest BCUT2D eigenvalue weighted by molar-refractivity contribution is 5.92. The van der Waals surface area contributed by atoms with E-state index in [0.29, 0.717) is 18.4 Å². The van der Waals surface area contributed by atoms with E-state index in [2.05, 4.69) is 42.4 Å².